The van der Waals surface area contributed by atoms with E-state index in [1.807, 2.05) is 26.0 Å². The number of nitrogens with one attached hydrogen (secondary N) is 1. The lowest BCUT2D eigenvalue weighted by molar-refractivity contribution is 0.394. The maximum atomic E-state index is 12.7. The van der Waals surface area contributed by atoms with Crippen molar-refractivity contribution < 1.29 is 12.9 Å². The third-order valence-corrected chi connectivity index (χ3v) is 6.35. The molecule has 2 aromatic heterocycles. The largest absolute Gasteiger partial charge is 0.339 e. The molecule has 1 aromatic carbocycles. The zero-order chi connectivity index (χ0) is 17.5. The minimum Gasteiger partial charge on any atom is -0.339 e. The fourth-order valence-electron chi connectivity index (χ4n) is 2.26. The van der Waals surface area contributed by atoms with E-state index in [2.05, 4.69) is 14.9 Å². The first-order valence-corrected chi connectivity index (χ1v) is 9.57. The van der Waals surface area contributed by atoms with E-state index >= 15 is 0 Å². The summed E-state index contributed by atoms with van der Waals surface area (Å²) >= 11 is 1.32. The maximum Gasteiger partial charge on any atom is 0.263 e. The molecule has 0 aliphatic carbocycles. The number of nitrogens with zero attached hydrogens (tertiary/aromatic N) is 2. The summed E-state index contributed by atoms with van der Waals surface area (Å²) in [7, 11) is -3.68. The van der Waals surface area contributed by atoms with E-state index < -0.39 is 10.0 Å². The van der Waals surface area contributed by atoms with Crippen molar-refractivity contribution in [2.24, 2.45) is 0 Å². The van der Waals surface area contributed by atoms with Crippen molar-refractivity contribution in [1.82, 2.24) is 10.1 Å². The van der Waals surface area contributed by atoms with E-state index in [0.717, 1.165) is 11.1 Å². The lowest BCUT2D eigenvalue weighted by Crippen LogP contribution is -2.13. The van der Waals surface area contributed by atoms with Crippen LogP contribution in [0.4, 0.5) is 5.69 Å². The summed E-state index contributed by atoms with van der Waals surface area (Å²) < 4.78 is 33.0. The van der Waals surface area contributed by atoms with Crippen LogP contribution in [0.25, 0.3) is 10.7 Å². The quantitative estimate of drug-likeness (QED) is 0.761. The van der Waals surface area contributed by atoms with E-state index in [0.29, 0.717) is 27.2 Å². The first-order valence-electron chi connectivity index (χ1n) is 7.27. The first-order chi connectivity index (χ1) is 11.3. The van der Waals surface area contributed by atoms with Gasteiger partial charge in [-0.05, 0) is 50.1 Å². The topological polar surface area (TPSA) is 85.1 Å². The standard InChI is InChI=1S/C16H17N3O3S2/c1-9-5-6-13(7-10(9)2)19-24(20,21)15-8-14(23-11(15)3)16-17-12(4)22-18-16/h5-8,19H,1-4H3. The molecular weight excluding hydrogens is 346 g/mol. The van der Waals surface area contributed by atoms with Gasteiger partial charge >= 0.3 is 0 Å². The molecule has 0 atom stereocenters. The molecule has 0 aliphatic heterocycles. The van der Waals surface area contributed by atoms with Gasteiger partial charge in [-0.3, -0.25) is 4.72 Å². The van der Waals surface area contributed by atoms with Crippen LogP contribution in [0.5, 0.6) is 0 Å². The number of anilines is 1. The van der Waals surface area contributed by atoms with Gasteiger partial charge in [-0.25, -0.2) is 8.42 Å². The predicted octanol–water partition coefficient (Wildman–Crippen LogP) is 3.83. The first kappa shape index (κ1) is 16.7. The van der Waals surface area contributed by atoms with Crippen molar-refractivity contribution >= 4 is 27.0 Å². The van der Waals surface area contributed by atoms with Crippen molar-refractivity contribution in [3.8, 4) is 10.7 Å². The summed E-state index contributed by atoms with van der Waals surface area (Å²) in [6.07, 6.45) is 0. The zero-order valence-corrected chi connectivity index (χ0v) is 15.4. The summed E-state index contributed by atoms with van der Waals surface area (Å²) in [5.41, 5.74) is 2.68. The van der Waals surface area contributed by atoms with Gasteiger partial charge < -0.3 is 4.52 Å². The van der Waals surface area contributed by atoms with Gasteiger partial charge in [0.05, 0.1) is 4.88 Å². The summed E-state index contributed by atoms with van der Waals surface area (Å²) in [4.78, 5) is 5.69. The van der Waals surface area contributed by atoms with E-state index in [1.165, 1.54) is 11.3 Å². The van der Waals surface area contributed by atoms with E-state index in [-0.39, 0.29) is 4.90 Å². The number of rotatable bonds is 4. The van der Waals surface area contributed by atoms with Gasteiger partial charge in [0.25, 0.3) is 10.0 Å². The zero-order valence-electron chi connectivity index (χ0n) is 13.7. The number of aromatic nitrogens is 2. The molecule has 3 aromatic rings. The molecule has 0 saturated heterocycles. The normalized spacial score (nSPS) is 11.7. The highest BCUT2D eigenvalue weighted by Gasteiger charge is 2.22. The van der Waals surface area contributed by atoms with E-state index in [1.54, 1.807) is 26.0 Å². The highest BCUT2D eigenvalue weighted by Crippen LogP contribution is 2.33. The van der Waals surface area contributed by atoms with Gasteiger partial charge in [-0.15, -0.1) is 11.3 Å². The second-order valence-electron chi connectivity index (χ2n) is 5.57. The highest BCUT2D eigenvalue weighted by atomic mass is 32.2. The SMILES string of the molecule is Cc1nc(-c2cc(S(=O)(=O)Nc3ccc(C)c(C)c3)c(C)s2)no1. The molecule has 6 nitrogen and oxygen atoms in total. The van der Waals surface area contributed by atoms with Crippen LogP contribution in [0.3, 0.4) is 0 Å². The molecule has 0 bridgehead atoms. The van der Waals surface area contributed by atoms with Crippen LogP contribution in [0.15, 0.2) is 33.7 Å². The Kier molecular flexibility index (Phi) is 4.18. The van der Waals surface area contributed by atoms with Crippen molar-refractivity contribution in [2.45, 2.75) is 32.6 Å². The van der Waals surface area contributed by atoms with Gasteiger partial charge in [0.2, 0.25) is 11.7 Å². The molecule has 24 heavy (non-hydrogen) atoms. The van der Waals surface area contributed by atoms with Gasteiger partial charge in [-0.1, -0.05) is 11.2 Å². The Morgan fingerprint density at radius 3 is 2.46 bits per heavy atom. The number of sulfonamides is 1. The number of benzene rings is 1. The molecule has 0 saturated carbocycles. The Bertz CT molecular complexity index is 1000. The minimum absolute atomic E-state index is 0.225. The van der Waals surface area contributed by atoms with Crippen LogP contribution < -0.4 is 4.72 Å². The van der Waals surface area contributed by atoms with Crippen molar-refractivity contribution in [3.63, 3.8) is 0 Å². The van der Waals surface area contributed by atoms with Crippen molar-refractivity contribution in [3.05, 3.63) is 46.2 Å². The summed E-state index contributed by atoms with van der Waals surface area (Å²) in [5.74, 6) is 0.835. The van der Waals surface area contributed by atoms with Gasteiger partial charge in [0.15, 0.2) is 0 Å². The Balaban J connectivity index is 1.95. The lowest BCUT2D eigenvalue weighted by Gasteiger charge is -2.09. The molecule has 0 amide bonds. The Hall–Kier alpha value is -2.19. The van der Waals surface area contributed by atoms with Gasteiger partial charge in [0, 0.05) is 17.5 Å². The summed E-state index contributed by atoms with van der Waals surface area (Å²) in [5, 5.41) is 3.84. The Morgan fingerprint density at radius 1 is 1.08 bits per heavy atom. The molecular formula is C16H17N3O3S2. The molecule has 0 fully saturated rings. The molecule has 1 N–H and O–H groups in total. The Labute approximate surface area is 144 Å². The third kappa shape index (κ3) is 3.20. The number of hydrogen-bond donors (Lipinski definition) is 1. The number of aryl methyl sites for hydroxylation is 4. The molecule has 0 unspecified atom stereocenters. The monoisotopic (exact) mass is 363 g/mol. The van der Waals surface area contributed by atoms with Crippen LogP contribution >= 0.6 is 11.3 Å². The lowest BCUT2D eigenvalue weighted by atomic mass is 10.1. The van der Waals surface area contributed by atoms with Gasteiger partial charge in [0.1, 0.15) is 4.90 Å². The van der Waals surface area contributed by atoms with Crippen molar-refractivity contribution in [1.29, 1.82) is 0 Å². The predicted molar refractivity (Wildman–Crippen MR) is 93.8 cm³/mol. The molecule has 0 radical (unpaired) electrons. The van der Waals surface area contributed by atoms with Crippen LogP contribution in [0, 0.1) is 27.7 Å². The van der Waals surface area contributed by atoms with Crippen LogP contribution in [0.2, 0.25) is 0 Å². The maximum absolute atomic E-state index is 12.7. The average molecular weight is 363 g/mol. The number of thiophene rings is 1. The molecule has 126 valence electrons. The minimum atomic E-state index is -3.68. The van der Waals surface area contributed by atoms with E-state index in [9.17, 15) is 8.42 Å². The number of hydrogen-bond acceptors (Lipinski definition) is 6. The molecule has 0 spiro atoms. The fourth-order valence-corrected chi connectivity index (χ4v) is 4.82. The molecule has 3 rings (SSSR count). The van der Waals surface area contributed by atoms with Crippen molar-refractivity contribution in [2.75, 3.05) is 4.72 Å². The second kappa shape index (κ2) is 6.03. The summed E-state index contributed by atoms with van der Waals surface area (Å²) in [6.45, 7) is 7.38. The average Bonchev–Trinajstić information content (AvgIpc) is 3.09. The van der Waals surface area contributed by atoms with E-state index in [4.69, 9.17) is 4.52 Å². The second-order valence-corrected chi connectivity index (χ2v) is 8.48. The highest BCUT2D eigenvalue weighted by molar-refractivity contribution is 7.93. The molecule has 8 heteroatoms. The third-order valence-electron chi connectivity index (χ3n) is 3.67. The fraction of sp³-hybridized carbons (Fsp3) is 0.250. The van der Waals surface area contributed by atoms with Crippen LogP contribution in [-0.2, 0) is 10.0 Å². The Morgan fingerprint density at radius 2 is 1.83 bits per heavy atom. The van der Waals surface area contributed by atoms with Crippen LogP contribution in [-0.4, -0.2) is 18.6 Å². The van der Waals surface area contributed by atoms with Crippen LogP contribution in [0.1, 0.15) is 21.9 Å². The smallest absolute Gasteiger partial charge is 0.263 e. The summed E-state index contributed by atoms with van der Waals surface area (Å²) in [6, 6.07) is 7.04. The van der Waals surface area contributed by atoms with Gasteiger partial charge in [-0.2, -0.15) is 4.98 Å². The molecule has 0 aliphatic rings. The molecule has 2 heterocycles.